The van der Waals surface area contributed by atoms with Gasteiger partial charge in [0, 0.05) is 0 Å². The molecule has 4 atom stereocenters. The molecule has 1 fully saturated rings. The lowest BCUT2D eigenvalue weighted by molar-refractivity contribution is 0.186. The van der Waals surface area contributed by atoms with Crippen molar-refractivity contribution in [2.45, 2.75) is 121 Å². The molecule has 0 heterocycles. The van der Waals surface area contributed by atoms with E-state index in [4.69, 9.17) is 6.42 Å². The second kappa shape index (κ2) is 56.4. The summed E-state index contributed by atoms with van der Waals surface area (Å²) < 4.78 is 0. The fourth-order valence-electron chi connectivity index (χ4n) is 2.63. The zero-order valence-corrected chi connectivity index (χ0v) is 23.4. The largest absolute Gasteiger partial charge is 0.333 e. The molecule has 29 heavy (non-hydrogen) atoms. The summed E-state index contributed by atoms with van der Waals surface area (Å²) in [4.78, 5) is 0. The summed E-state index contributed by atoms with van der Waals surface area (Å²) in [6.45, 7) is 31.0. The van der Waals surface area contributed by atoms with Crippen molar-refractivity contribution in [3.05, 3.63) is 13.2 Å². The monoisotopic (exact) mass is 417 g/mol. The minimum Gasteiger partial charge on any atom is -0.333 e. The van der Waals surface area contributed by atoms with Gasteiger partial charge in [0.2, 0.25) is 0 Å². The standard InChI is InChI=1S/C11H22.C5H9N.4C2H6.C2H4.CH5N/c1-4-10-6-7-11(5-2)9(3)8-10;1-4-5(2)6-3;6*1-2/h9-11H,4-8H2,1-3H3;1,5-6H,2-3H3;4*1-2H3;1-2H2;2H2,1H3. The predicted molar refractivity (Wildman–Crippen MR) is 145 cm³/mol. The third-order valence-corrected chi connectivity index (χ3v) is 4.24. The lowest BCUT2D eigenvalue weighted by Gasteiger charge is -2.33. The topological polar surface area (TPSA) is 38.0 Å². The van der Waals surface area contributed by atoms with Crippen molar-refractivity contribution in [3.8, 4) is 12.3 Å². The van der Waals surface area contributed by atoms with Gasteiger partial charge < -0.3 is 11.1 Å². The molecular weight excluding hydrogens is 352 g/mol. The normalized spacial score (nSPS) is 18.6. The van der Waals surface area contributed by atoms with Crippen LogP contribution in [0.15, 0.2) is 13.2 Å². The van der Waals surface area contributed by atoms with Crippen molar-refractivity contribution in [1.82, 2.24) is 5.32 Å². The van der Waals surface area contributed by atoms with Crippen LogP contribution in [0.25, 0.3) is 0 Å². The molecule has 0 aliphatic heterocycles. The summed E-state index contributed by atoms with van der Waals surface area (Å²) in [6, 6.07) is 0.213. The number of nitrogens with two attached hydrogens (primary N) is 1. The minimum absolute atomic E-state index is 0.213. The van der Waals surface area contributed by atoms with E-state index in [-0.39, 0.29) is 6.04 Å². The van der Waals surface area contributed by atoms with Crippen LogP contribution in [-0.4, -0.2) is 20.1 Å². The van der Waals surface area contributed by atoms with Gasteiger partial charge in [-0.1, -0.05) is 101 Å². The maximum Gasteiger partial charge on any atom is 0.0655 e. The molecule has 2 heteroatoms. The molecule has 2 nitrogen and oxygen atoms in total. The fraction of sp³-hybridized carbons (Fsp3) is 0.852. The first-order valence-corrected chi connectivity index (χ1v) is 12.3. The third kappa shape index (κ3) is 42.3. The molecule has 0 bridgehead atoms. The summed E-state index contributed by atoms with van der Waals surface area (Å²) in [7, 11) is 3.34. The summed E-state index contributed by atoms with van der Waals surface area (Å²) >= 11 is 0. The summed E-state index contributed by atoms with van der Waals surface area (Å²) in [5, 5.41) is 2.88. The van der Waals surface area contributed by atoms with Crippen molar-refractivity contribution < 1.29 is 0 Å². The molecule has 0 aromatic heterocycles. The highest BCUT2D eigenvalue weighted by Crippen LogP contribution is 2.36. The van der Waals surface area contributed by atoms with Gasteiger partial charge in [-0.2, -0.15) is 0 Å². The molecule has 182 valence electrons. The van der Waals surface area contributed by atoms with Crippen LogP contribution in [0.4, 0.5) is 0 Å². The van der Waals surface area contributed by atoms with Crippen LogP contribution in [0, 0.1) is 30.1 Å². The first-order chi connectivity index (χ1) is 14.1. The lowest BCUT2D eigenvalue weighted by atomic mass is 9.73. The van der Waals surface area contributed by atoms with Gasteiger partial charge in [0.1, 0.15) is 0 Å². The number of terminal acetylenes is 1. The molecule has 1 saturated carbocycles. The smallest absolute Gasteiger partial charge is 0.0655 e. The van der Waals surface area contributed by atoms with E-state index in [1.54, 1.807) is 0 Å². The van der Waals surface area contributed by atoms with E-state index in [0.717, 1.165) is 17.8 Å². The molecule has 0 radical (unpaired) electrons. The van der Waals surface area contributed by atoms with Crippen LogP contribution in [0.5, 0.6) is 0 Å². The number of nitrogens with one attached hydrogen (secondary N) is 1. The Labute approximate surface area is 189 Å². The minimum atomic E-state index is 0.213. The molecule has 0 spiro atoms. The maximum absolute atomic E-state index is 4.97. The molecule has 3 N–H and O–H groups in total. The first-order valence-electron chi connectivity index (χ1n) is 12.3. The van der Waals surface area contributed by atoms with Gasteiger partial charge in [-0.3, -0.25) is 0 Å². The van der Waals surface area contributed by atoms with Crippen LogP contribution >= 0.6 is 0 Å². The van der Waals surface area contributed by atoms with Gasteiger partial charge in [0.05, 0.1) is 6.04 Å². The average Bonchev–Trinajstić information content (AvgIpc) is 2.86. The van der Waals surface area contributed by atoms with Gasteiger partial charge in [-0.25, -0.2) is 0 Å². The second-order valence-electron chi connectivity index (χ2n) is 5.41. The van der Waals surface area contributed by atoms with Gasteiger partial charge in [-0.15, -0.1) is 19.6 Å². The van der Waals surface area contributed by atoms with Crippen molar-refractivity contribution in [2.75, 3.05) is 14.1 Å². The molecule has 4 unspecified atom stereocenters. The Morgan fingerprint density at radius 1 is 0.931 bits per heavy atom. The Kier molecular flexibility index (Phi) is 90.3. The van der Waals surface area contributed by atoms with Crippen molar-refractivity contribution >= 4 is 0 Å². The zero-order chi connectivity index (χ0) is 25.3. The molecule has 1 aliphatic rings. The summed E-state index contributed by atoms with van der Waals surface area (Å²) in [5.41, 5.74) is 4.50. The lowest BCUT2D eigenvalue weighted by Crippen LogP contribution is -2.21. The summed E-state index contributed by atoms with van der Waals surface area (Å²) in [6.07, 6.45) is 12.3. The van der Waals surface area contributed by atoms with Gasteiger partial charge in [0.25, 0.3) is 0 Å². The van der Waals surface area contributed by atoms with Crippen molar-refractivity contribution in [3.63, 3.8) is 0 Å². The Morgan fingerprint density at radius 2 is 1.31 bits per heavy atom. The molecule has 1 rings (SSSR count). The van der Waals surface area contributed by atoms with E-state index in [1.807, 2.05) is 69.4 Å². The van der Waals surface area contributed by atoms with Gasteiger partial charge in [-0.05, 0) is 51.6 Å². The van der Waals surface area contributed by atoms with Gasteiger partial charge >= 0.3 is 0 Å². The van der Waals surface area contributed by atoms with Crippen LogP contribution in [0.3, 0.4) is 0 Å². The van der Waals surface area contributed by atoms with Crippen LogP contribution in [-0.2, 0) is 0 Å². The van der Waals surface area contributed by atoms with Gasteiger partial charge in [0.15, 0.2) is 0 Å². The number of hydrogen-bond donors (Lipinski definition) is 2. The van der Waals surface area contributed by atoms with Crippen LogP contribution in [0.2, 0.25) is 0 Å². The Hall–Kier alpha value is -0.780. The Morgan fingerprint density at radius 3 is 1.48 bits per heavy atom. The highest BCUT2D eigenvalue weighted by Gasteiger charge is 2.24. The molecule has 0 aromatic carbocycles. The molecule has 0 aromatic rings. The van der Waals surface area contributed by atoms with E-state index in [1.165, 1.54) is 39.2 Å². The van der Waals surface area contributed by atoms with E-state index in [2.05, 4.69) is 50.9 Å². The first kappa shape index (κ1) is 46.4. The quantitative estimate of drug-likeness (QED) is 0.357. The zero-order valence-electron chi connectivity index (χ0n) is 23.4. The molecular formula is C27H64N2. The second-order valence-corrected chi connectivity index (χ2v) is 5.41. The molecule has 0 amide bonds. The summed E-state index contributed by atoms with van der Waals surface area (Å²) in [5.74, 6) is 5.59. The van der Waals surface area contributed by atoms with Crippen LogP contribution < -0.4 is 11.1 Å². The number of rotatable bonds is 3. The van der Waals surface area contributed by atoms with E-state index in [0.29, 0.717) is 0 Å². The van der Waals surface area contributed by atoms with E-state index in [9.17, 15) is 0 Å². The molecule has 1 aliphatic carbocycles. The fourth-order valence-corrected chi connectivity index (χ4v) is 2.63. The van der Waals surface area contributed by atoms with E-state index < -0.39 is 0 Å². The van der Waals surface area contributed by atoms with E-state index >= 15 is 0 Å². The highest BCUT2D eigenvalue weighted by atomic mass is 14.8. The average molecular weight is 417 g/mol. The van der Waals surface area contributed by atoms with Crippen molar-refractivity contribution in [1.29, 1.82) is 0 Å². The molecule has 0 saturated heterocycles. The van der Waals surface area contributed by atoms with Crippen molar-refractivity contribution in [2.24, 2.45) is 23.5 Å². The maximum atomic E-state index is 4.97. The number of hydrogen-bond acceptors (Lipinski definition) is 2. The third-order valence-electron chi connectivity index (χ3n) is 4.24. The van der Waals surface area contributed by atoms with Crippen LogP contribution in [0.1, 0.15) is 115 Å². The highest BCUT2D eigenvalue weighted by molar-refractivity contribution is 4.94. The Bertz CT molecular complexity index is 233. The Balaban J connectivity index is -0.0000000462. The SMILES string of the molecule is C#CC(C)NC.C=C.CC.CC.CC.CC.CCC1CCC(CC)C(C)C1.CN. The predicted octanol–water partition coefficient (Wildman–Crippen LogP) is 8.57.